The Hall–Kier alpha value is -4.53. The largest absolute Gasteiger partial charge is 0.520 e. The maximum Gasteiger partial charge on any atom is 0.331 e. The fraction of sp³-hybridized carbons (Fsp3) is 0.404. The molecule has 0 amide bonds. The quantitative estimate of drug-likeness (QED) is 0.0299. The Labute approximate surface area is 350 Å². The average molecular weight is 831 g/mol. The number of rotatable bonds is 14. The van der Waals surface area contributed by atoms with Gasteiger partial charge in [0.1, 0.15) is 18.1 Å². The fourth-order valence-electron chi connectivity index (χ4n) is 5.62. The van der Waals surface area contributed by atoms with Crippen molar-refractivity contribution in [2.45, 2.75) is 105 Å². The van der Waals surface area contributed by atoms with Crippen LogP contribution in [0.3, 0.4) is 0 Å². The Morgan fingerprint density at radius 2 is 1.26 bits per heavy atom. The van der Waals surface area contributed by atoms with E-state index in [9.17, 15) is 9.59 Å². The monoisotopic (exact) mass is 830 g/mol. The van der Waals surface area contributed by atoms with Crippen LogP contribution in [0.4, 0.5) is 0 Å². The third-order valence-corrected chi connectivity index (χ3v) is 9.45. The molecule has 2 aliphatic heterocycles. The summed E-state index contributed by atoms with van der Waals surface area (Å²) in [6.07, 6.45) is 7.62. The van der Waals surface area contributed by atoms with Crippen molar-refractivity contribution in [2.24, 2.45) is 0 Å². The van der Waals surface area contributed by atoms with E-state index in [2.05, 4.69) is 64.9 Å². The van der Waals surface area contributed by atoms with Gasteiger partial charge in [-0.2, -0.15) is 0 Å². The van der Waals surface area contributed by atoms with E-state index < -0.39 is 22.6 Å². The summed E-state index contributed by atoms with van der Waals surface area (Å²) in [5, 5.41) is 0. The molecule has 3 aromatic rings. The Morgan fingerprint density at radius 3 is 1.71 bits per heavy atom. The molecule has 3 unspecified atom stereocenters. The van der Waals surface area contributed by atoms with Gasteiger partial charge in [-0.05, 0) is 91.4 Å². The van der Waals surface area contributed by atoms with Crippen LogP contribution in [0.5, 0.6) is 0 Å². The van der Waals surface area contributed by atoms with Crippen molar-refractivity contribution in [1.29, 1.82) is 0 Å². The standard InChI is InChI=1S/C17H26O3Si.C12H12O2.C11H22O3Si.C7H6O/c1-6-18-17(20-21(3,4)5)13-14(2)12-16(19-17)15-10-8-7-9-11-15;1-9-7-11(14-12(13)8-9)10-5-3-2-4-6-10;1-7-12-10(3)9-11(13-8-2)14-15(4,5)6;8-6-7-4-2-1-3-5-7/h7-11,13,16H,6,12H2,1-5H3;2-6,8,11H,7H2,1H3;9H,3,7-8H2,1-2,4-6H3;1-6H/b;;11-9+;. The maximum atomic E-state index is 11.2. The van der Waals surface area contributed by atoms with Gasteiger partial charge < -0.3 is 32.5 Å². The average Bonchev–Trinajstić information content (AvgIpc) is 3.15. The van der Waals surface area contributed by atoms with Crippen molar-refractivity contribution < 1.29 is 42.1 Å². The molecular formula is C47H66O9Si2. The molecule has 0 saturated carbocycles. The van der Waals surface area contributed by atoms with E-state index in [4.69, 9.17) is 32.5 Å². The van der Waals surface area contributed by atoms with Crippen molar-refractivity contribution in [3.63, 3.8) is 0 Å². The number of allylic oxidation sites excluding steroid dienone is 1. The summed E-state index contributed by atoms with van der Waals surface area (Å²) in [6.45, 7) is 28.1. The van der Waals surface area contributed by atoms with Gasteiger partial charge in [-0.1, -0.05) is 109 Å². The lowest BCUT2D eigenvalue weighted by atomic mass is 9.99. The predicted molar refractivity (Wildman–Crippen MR) is 238 cm³/mol. The van der Waals surface area contributed by atoms with Crippen molar-refractivity contribution in [3.8, 4) is 0 Å². The molecule has 0 radical (unpaired) electrons. The molecule has 2 heterocycles. The minimum absolute atomic E-state index is 0.0286. The first-order valence-corrected chi connectivity index (χ1v) is 26.8. The van der Waals surface area contributed by atoms with Crippen LogP contribution in [0.15, 0.2) is 139 Å². The highest BCUT2D eigenvalue weighted by molar-refractivity contribution is 6.70. The van der Waals surface area contributed by atoms with Gasteiger partial charge in [0, 0.05) is 30.7 Å². The first-order chi connectivity index (χ1) is 27.4. The van der Waals surface area contributed by atoms with Crippen molar-refractivity contribution in [2.75, 3.05) is 19.8 Å². The summed E-state index contributed by atoms with van der Waals surface area (Å²) < 4.78 is 39.9. The van der Waals surface area contributed by atoms with Crippen molar-refractivity contribution >= 4 is 28.9 Å². The maximum absolute atomic E-state index is 11.2. The normalized spacial score (nSPS) is 19.1. The highest BCUT2D eigenvalue weighted by Crippen LogP contribution is 2.39. The Bertz CT molecular complexity index is 1760. The number of hydrogen-bond donors (Lipinski definition) is 0. The molecule has 0 bridgehead atoms. The van der Waals surface area contributed by atoms with Gasteiger partial charge in [0.05, 0.1) is 25.4 Å². The second-order valence-corrected chi connectivity index (χ2v) is 24.4. The Kier molecular flexibility index (Phi) is 21.4. The summed E-state index contributed by atoms with van der Waals surface area (Å²) in [7, 11) is -3.45. The molecule has 316 valence electrons. The lowest BCUT2D eigenvalue weighted by molar-refractivity contribution is -0.338. The van der Waals surface area contributed by atoms with Gasteiger partial charge in [-0.25, -0.2) is 4.79 Å². The van der Waals surface area contributed by atoms with Gasteiger partial charge in [0.2, 0.25) is 8.32 Å². The van der Waals surface area contributed by atoms with Crippen LogP contribution in [0.25, 0.3) is 0 Å². The number of esters is 1. The number of hydrogen-bond acceptors (Lipinski definition) is 9. The number of carbonyl (C=O) groups is 2. The zero-order valence-electron chi connectivity index (χ0n) is 36.5. The van der Waals surface area contributed by atoms with E-state index in [1.54, 1.807) is 24.3 Å². The van der Waals surface area contributed by atoms with Crippen molar-refractivity contribution in [3.05, 3.63) is 155 Å². The van der Waals surface area contributed by atoms with Gasteiger partial charge >= 0.3 is 5.97 Å². The highest BCUT2D eigenvalue weighted by Gasteiger charge is 2.42. The topological polar surface area (TPSA) is 98.8 Å². The minimum atomic E-state index is -1.81. The van der Waals surface area contributed by atoms with Crippen LogP contribution >= 0.6 is 0 Å². The molecule has 0 spiro atoms. The summed E-state index contributed by atoms with van der Waals surface area (Å²) in [5.74, 6) is -0.195. The molecular weight excluding hydrogens is 765 g/mol. The summed E-state index contributed by atoms with van der Waals surface area (Å²) >= 11 is 0. The van der Waals surface area contributed by atoms with Gasteiger partial charge in [0.25, 0.3) is 11.9 Å². The van der Waals surface area contributed by atoms with Crippen LogP contribution in [-0.4, -0.2) is 54.7 Å². The molecule has 5 rings (SSSR count). The molecule has 3 aromatic carbocycles. The second kappa shape index (κ2) is 25.1. The second-order valence-electron chi connectivity index (χ2n) is 15.5. The lowest BCUT2D eigenvalue weighted by Gasteiger charge is -2.41. The van der Waals surface area contributed by atoms with Crippen LogP contribution in [-0.2, 0) is 37.3 Å². The zero-order chi connectivity index (χ0) is 43.2. The molecule has 58 heavy (non-hydrogen) atoms. The van der Waals surface area contributed by atoms with Crippen LogP contribution in [0.1, 0.15) is 81.2 Å². The first kappa shape index (κ1) is 49.6. The van der Waals surface area contributed by atoms with Crippen LogP contribution in [0, 0.1) is 0 Å². The summed E-state index contributed by atoms with van der Waals surface area (Å²) in [4.78, 5) is 21.2. The summed E-state index contributed by atoms with van der Waals surface area (Å²) in [6, 6.07) is 29.2. The first-order valence-electron chi connectivity index (χ1n) is 19.9. The molecule has 9 nitrogen and oxygen atoms in total. The number of aldehydes is 1. The van der Waals surface area contributed by atoms with E-state index in [1.807, 2.05) is 101 Å². The Balaban J connectivity index is 0.000000279. The predicted octanol–water partition coefficient (Wildman–Crippen LogP) is 12.0. The lowest BCUT2D eigenvalue weighted by Crippen LogP contribution is -2.48. The molecule has 0 N–H and O–H groups in total. The zero-order valence-corrected chi connectivity index (χ0v) is 38.5. The van der Waals surface area contributed by atoms with E-state index in [1.165, 1.54) is 5.57 Å². The van der Waals surface area contributed by atoms with E-state index in [-0.39, 0.29) is 18.2 Å². The molecule has 2 aliphatic rings. The highest BCUT2D eigenvalue weighted by atomic mass is 28.4. The number of cyclic esters (lactones) is 1. The molecule has 0 aromatic heterocycles. The Morgan fingerprint density at radius 1 is 0.741 bits per heavy atom. The van der Waals surface area contributed by atoms with Crippen molar-refractivity contribution in [1.82, 2.24) is 0 Å². The minimum Gasteiger partial charge on any atom is -0.520 e. The van der Waals surface area contributed by atoms with Gasteiger partial charge in [-0.15, -0.1) is 0 Å². The van der Waals surface area contributed by atoms with E-state index in [0.29, 0.717) is 31.5 Å². The van der Waals surface area contributed by atoms with Crippen LogP contribution < -0.4 is 0 Å². The number of ether oxygens (including phenoxy) is 5. The molecule has 0 saturated heterocycles. The smallest absolute Gasteiger partial charge is 0.331 e. The fourth-order valence-corrected chi connectivity index (χ4v) is 7.37. The number of benzene rings is 3. The molecule has 11 heteroatoms. The molecule has 0 fully saturated rings. The molecule has 3 atom stereocenters. The van der Waals surface area contributed by atoms with Gasteiger partial charge in [-0.3, -0.25) is 4.79 Å². The van der Waals surface area contributed by atoms with Crippen LogP contribution in [0.2, 0.25) is 39.3 Å². The summed E-state index contributed by atoms with van der Waals surface area (Å²) in [5.41, 5.74) is 5.27. The number of carbonyl (C=O) groups excluding carboxylic acids is 2. The molecule has 0 aliphatic carbocycles. The van der Waals surface area contributed by atoms with E-state index >= 15 is 0 Å². The van der Waals surface area contributed by atoms with E-state index in [0.717, 1.165) is 41.4 Å². The SMILES string of the molecule is C=C(/C=C(\OCC)O[Si](C)(C)C)OCC.CC1=CC(=O)OC(c2ccccc2)C1.CCOC1(O[Si](C)(C)C)C=C(C)CC(c2ccccc2)O1.O=Cc1ccccc1. The third kappa shape index (κ3) is 20.2. The third-order valence-electron chi connectivity index (χ3n) is 7.74. The van der Waals surface area contributed by atoms with Gasteiger partial charge in [0.15, 0.2) is 8.32 Å².